The molecule has 1 heterocycles. The van der Waals surface area contributed by atoms with Crippen molar-refractivity contribution in [3.8, 4) is 11.8 Å². The van der Waals surface area contributed by atoms with Gasteiger partial charge in [-0.05, 0) is 35.7 Å². The summed E-state index contributed by atoms with van der Waals surface area (Å²) < 4.78 is 10.4. The van der Waals surface area contributed by atoms with Crippen LogP contribution < -0.4 is 4.74 Å². The van der Waals surface area contributed by atoms with Crippen molar-refractivity contribution in [2.45, 2.75) is 12.8 Å². The quantitative estimate of drug-likeness (QED) is 0.422. The Morgan fingerprint density at radius 1 is 1.09 bits per heavy atom. The van der Waals surface area contributed by atoms with Crippen molar-refractivity contribution in [1.82, 2.24) is 0 Å². The molecule has 0 amide bonds. The molecule has 1 aromatic heterocycles. The molecule has 0 aliphatic rings. The molecular formula is C17H15NO4S. The van der Waals surface area contributed by atoms with Gasteiger partial charge in [0.15, 0.2) is 5.78 Å². The predicted molar refractivity (Wildman–Crippen MR) is 85.5 cm³/mol. The van der Waals surface area contributed by atoms with Crippen molar-refractivity contribution >= 4 is 23.1 Å². The molecule has 118 valence electrons. The molecule has 0 fully saturated rings. The summed E-state index contributed by atoms with van der Waals surface area (Å²) in [5, 5.41) is 10.5. The van der Waals surface area contributed by atoms with Gasteiger partial charge in [-0.25, -0.2) is 0 Å². The number of hydrogen-bond donors (Lipinski definition) is 0. The fourth-order valence-corrected chi connectivity index (χ4v) is 2.48. The monoisotopic (exact) mass is 329 g/mol. The number of benzene rings is 1. The summed E-state index contributed by atoms with van der Waals surface area (Å²) in [6.07, 6.45) is 0.212. The number of nitrogens with zero attached hydrogens (tertiary/aromatic N) is 1. The van der Waals surface area contributed by atoms with Crippen LogP contribution in [0, 0.1) is 11.3 Å². The molecule has 2 aromatic rings. The molecule has 2 rings (SSSR count). The van der Waals surface area contributed by atoms with Gasteiger partial charge in [-0.1, -0.05) is 6.07 Å². The second-order valence-electron chi connectivity index (χ2n) is 4.61. The van der Waals surface area contributed by atoms with E-state index in [0.29, 0.717) is 16.2 Å². The second-order valence-corrected chi connectivity index (χ2v) is 5.55. The van der Waals surface area contributed by atoms with Crippen LogP contribution in [0.2, 0.25) is 0 Å². The second kappa shape index (κ2) is 8.71. The lowest BCUT2D eigenvalue weighted by Crippen LogP contribution is -2.13. The van der Waals surface area contributed by atoms with Crippen molar-refractivity contribution in [3.63, 3.8) is 0 Å². The fraction of sp³-hybridized carbons (Fsp3) is 0.235. The third kappa shape index (κ3) is 5.57. The van der Waals surface area contributed by atoms with Gasteiger partial charge < -0.3 is 9.47 Å². The van der Waals surface area contributed by atoms with E-state index < -0.39 is 5.97 Å². The number of carbonyl (C=O) groups excluding carboxylic acids is 2. The van der Waals surface area contributed by atoms with Crippen molar-refractivity contribution in [1.29, 1.82) is 5.26 Å². The number of ether oxygens (including phenoxy) is 2. The summed E-state index contributed by atoms with van der Waals surface area (Å²) in [5.74, 6) is 0.136. The average Bonchev–Trinajstić information content (AvgIpc) is 3.12. The van der Waals surface area contributed by atoms with Crippen LogP contribution in [0.3, 0.4) is 0 Å². The lowest BCUT2D eigenvalue weighted by Gasteiger charge is -2.07. The highest BCUT2D eigenvalue weighted by Gasteiger charge is 2.10. The molecule has 0 unspecified atom stereocenters. The van der Waals surface area contributed by atoms with Crippen molar-refractivity contribution in [2.75, 3.05) is 13.2 Å². The van der Waals surface area contributed by atoms with Gasteiger partial charge in [-0.15, -0.1) is 11.3 Å². The molecule has 5 nitrogen and oxygen atoms in total. The van der Waals surface area contributed by atoms with E-state index in [1.807, 2.05) is 11.4 Å². The largest absolute Gasteiger partial charge is 0.490 e. The molecule has 0 saturated carbocycles. The van der Waals surface area contributed by atoms with Gasteiger partial charge in [0.1, 0.15) is 19.0 Å². The maximum Gasteiger partial charge on any atom is 0.306 e. The maximum atomic E-state index is 11.7. The molecule has 0 aliphatic heterocycles. The minimum Gasteiger partial charge on any atom is -0.490 e. The first-order valence-electron chi connectivity index (χ1n) is 7.04. The van der Waals surface area contributed by atoms with E-state index in [9.17, 15) is 9.59 Å². The van der Waals surface area contributed by atoms with E-state index in [4.69, 9.17) is 14.7 Å². The van der Waals surface area contributed by atoms with Crippen molar-refractivity contribution in [3.05, 3.63) is 52.2 Å². The third-order valence-electron chi connectivity index (χ3n) is 2.95. The molecule has 0 radical (unpaired) electrons. The lowest BCUT2D eigenvalue weighted by molar-refractivity contribution is -0.144. The van der Waals surface area contributed by atoms with Gasteiger partial charge in [0.05, 0.1) is 22.9 Å². The smallest absolute Gasteiger partial charge is 0.306 e. The normalized spacial score (nSPS) is 9.87. The molecule has 6 heteroatoms. The average molecular weight is 329 g/mol. The number of nitriles is 1. The summed E-state index contributed by atoms with van der Waals surface area (Å²) in [6, 6.07) is 12.2. The Kier molecular flexibility index (Phi) is 6.33. The highest BCUT2D eigenvalue weighted by Crippen LogP contribution is 2.13. The lowest BCUT2D eigenvalue weighted by atomic mass is 10.2. The molecular weight excluding hydrogens is 314 g/mol. The molecule has 0 N–H and O–H groups in total. The Bertz CT molecular complexity index is 686. The van der Waals surface area contributed by atoms with E-state index in [1.165, 1.54) is 11.3 Å². The third-order valence-corrected chi connectivity index (χ3v) is 3.86. The molecule has 0 bridgehead atoms. The zero-order chi connectivity index (χ0) is 16.5. The van der Waals surface area contributed by atoms with Crippen LogP contribution in [0.4, 0.5) is 0 Å². The maximum absolute atomic E-state index is 11.7. The van der Waals surface area contributed by atoms with Crippen molar-refractivity contribution < 1.29 is 19.1 Å². The van der Waals surface area contributed by atoms with Gasteiger partial charge >= 0.3 is 5.97 Å². The molecule has 23 heavy (non-hydrogen) atoms. The van der Waals surface area contributed by atoms with E-state index in [-0.39, 0.29) is 31.8 Å². The molecule has 1 aromatic carbocycles. The molecule has 0 saturated heterocycles. The summed E-state index contributed by atoms with van der Waals surface area (Å²) >= 11 is 1.36. The van der Waals surface area contributed by atoms with Crippen LogP contribution in [-0.2, 0) is 9.53 Å². The zero-order valence-electron chi connectivity index (χ0n) is 12.4. The van der Waals surface area contributed by atoms with E-state index in [0.717, 1.165) is 0 Å². The Morgan fingerprint density at radius 2 is 1.87 bits per heavy atom. The number of hydrogen-bond acceptors (Lipinski definition) is 6. The Hall–Kier alpha value is -2.65. The van der Waals surface area contributed by atoms with Crippen LogP contribution in [-0.4, -0.2) is 25.0 Å². The van der Waals surface area contributed by atoms with Crippen LogP contribution in [0.5, 0.6) is 5.75 Å². The Balaban J connectivity index is 1.61. The molecule has 0 atom stereocenters. The zero-order valence-corrected chi connectivity index (χ0v) is 13.2. The number of Topliss-reactive ketones (excluding diaryl/α,β-unsaturated/α-hetero) is 1. The highest BCUT2D eigenvalue weighted by molar-refractivity contribution is 7.12. The number of ketones is 1. The number of esters is 1. The van der Waals surface area contributed by atoms with Gasteiger partial charge in [-0.3, -0.25) is 9.59 Å². The van der Waals surface area contributed by atoms with Gasteiger partial charge in [-0.2, -0.15) is 5.26 Å². The van der Waals surface area contributed by atoms with Gasteiger partial charge in [0.2, 0.25) is 0 Å². The first-order chi connectivity index (χ1) is 11.2. The summed E-state index contributed by atoms with van der Waals surface area (Å²) in [5.41, 5.74) is 0.555. The first kappa shape index (κ1) is 16.7. The van der Waals surface area contributed by atoms with Gasteiger partial charge in [0, 0.05) is 6.42 Å². The minimum atomic E-state index is -0.418. The van der Waals surface area contributed by atoms with E-state index >= 15 is 0 Å². The van der Waals surface area contributed by atoms with Crippen molar-refractivity contribution in [2.24, 2.45) is 0 Å². The summed E-state index contributed by atoms with van der Waals surface area (Å²) in [7, 11) is 0. The molecule has 0 spiro atoms. The van der Waals surface area contributed by atoms with Crippen LogP contribution in [0.25, 0.3) is 0 Å². The topological polar surface area (TPSA) is 76.4 Å². The fourth-order valence-electron chi connectivity index (χ4n) is 1.79. The van der Waals surface area contributed by atoms with Crippen LogP contribution in [0.15, 0.2) is 41.8 Å². The Labute approximate surface area is 138 Å². The Morgan fingerprint density at radius 3 is 2.52 bits per heavy atom. The molecule has 0 aliphatic carbocycles. The van der Waals surface area contributed by atoms with E-state index in [1.54, 1.807) is 36.4 Å². The standard InChI is InChI=1S/C17H15NO4S/c18-12-13-3-5-14(6-4-13)21-9-10-22-17(20)8-7-15(19)16-2-1-11-23-16/h1-6,11H,7-10H2. The number of rotatable bonds is 8. The van der Waals surface area contributed by atoms with Crippen LogP contribution >= 0.6 is 11.3 Å². The van der Waals surface area contributed by atoms with Gasteiger partial charge in [0.25, 0.3) is 0 Å². The number of thiophene rings is 1. The SMILES string of the molecule is N#Cc1ccc(OCCOC(=O)CCC(=O)c2cccs2)cc1. The number of carbonyl (C=O) groups is 2. The summed E-state index contributed by atoms with van der Waals surface area (Å²) in [4.78, 5) is 23.9. The highest BCUT2D eigenvalue weighted by atomic mass is 32.1. The minimum absolute atomic E-state index is 0.0502. The first-order valence-corrected chi connectivity index (χ1v) is 7.92. The van der Waals surface area contributed by atoms with E-state index in [2.05, 4.69) is 0 Å². The van der Waals surface area contributed by atoms with Crippen LogP contribution in [0.1, 0.15) is 28.1 Å². The predicted octanol–water partition coefficient (Wildman–Crippen LogP) is 3.20. The summed E-state index contributed by atoms with van der Waals surface area (Å²) in [6.45, 7) is 0.336.